The van der Waals surface area contributed by atoms with Crippen LogP contribution in [0.15, 0.2) is 41.1 Å². The summed E-state index contributed by atoms with van der Waals surface area (Å²) in [6.07, 6.45) is 1.81. The average Bonchev–Trinajstić information content (AvgIpc) is 2.54. The van der Waals surface area contributed by atoms with Crippen molar-refractivity contribution in [1.29, 1.82) is 0 Å². The number of hydrogen-bond donors (Lipinski definition) is 0. The van der Waals surface area contributed by atoms with Crippen molar-refractivity contribution in [2.45, 2.75) is 0 Å². The van der Waals surface area contributed by atoms with E-state index in [1.807, 2.05) is 36.5 Å². The molecule has 0 atom stereocenters. The van der Waals surface area contributed by atoms with Gasteiger partial charge >= 0.3 is 0 Å². The third-order valence-electron chi connectivity index (χ3n) is 1.49. The molecule has 1 heterocycles. The van der Waals surface area contributed by atoms with E-state index < -0.39 is 0 Å². The molecule has 1 aromatic carbocycles. The molecule has 0 spiro atoms. The second kappa shape index (κ2) is 3.06. The number of halogens is 1. The van der Waals surface area contributed by atoms with E-state index in [0.717, 1.165) is 10.3 Å². The van der Waals surface area contributed by atoms with Crippen molar-refractivity contribution in [3.63, 3.8) is 0 Å². The number of rotatable bonds is 1. The maximum atomic E-state index is 3.91. The van der Waals surface area contributed by atoms with Gasteiger partial charge in [-0.3, -0.25) is 0 Å². The number of hydrogen-bond acceptors (Lipinski definition) is 2. The SMILES string of the molecule is Brc1cn(-c2ccccc2)nn1. The van der Waals surface area contributed by atoms with Gasteiger partial charge in [0.1, 0.15) is 4.60 Å². The molecule has 1 aromatic heterocycles. The summed E-state index contributed by atoms with van der Waals surface area (Å²) in [7, 11) is 0. The zero-order chi connectivity index (χ0) is 8.39. The van der Waals surface area contributed by atoms with Crippen LogP contribution in [0.4, 0.5) is 0 Å². The van der Waals surface area contributed by atoms with Crippen LogP contribution in [0.1, 0.15) is 0 Å². The van der Waals surface area contributed by atoms with Crippen LogP contribution < -0.4 is 0 Å². The van der Waals surface area contributed by atoms with Crippen molar-refractivity contribution in [3.8, 4) is 5.69 Å². The largest absolute Gasteiger partial charge is 0.220 e. The normalized spacial score (nSPS) is 10.1. The fraction of sp³-hybridized carbons (Fsp3) is 0. The van der Waals surface area contributed by atoms with E-state index in [4.69, 9.17) is 0 Å². The van der Waals surface area contributed by atoms with Crippen molar-refractivity contribution >= 4 is 15.9 Å². The molecule has 0 aliphatic heterocycles. The third kappa shape index (κ3) is 1.38. The molecule has 4 heteroatoms. The van der Waals surface area contributed by atoms with Gasteiger partial charge in [0.15, 0.2) is 0 Å². The predicted octanol–water partition coefficient (Wildman–Crippen LogP) is 2.03. The molecule has 3 nitrogen and oxygen atoms in total. The fourth-order valence-corrected chi connectivity index (χ4v) is 1.22. The van der Waals surface area contributed by atoms with E-state index in [1.54, 1.807) is 4.68 Å². The van der Waals surface area contributed by atoms with Crippen molar-refractivity contribution in [2.75, 3.05) is 0 Å². The van der Waals surface area contributed by atoms with Gasteiger partial charge in [-0.05, 0) is 28.1 Å². The molecule has 0 N–H and O–H groups in total. The summed E-state index contributed by atoms with van der Waals surface area (Å²) in [5.74, 6) is 0. The molecule has 0 saturated carbocycles. The minimum atomic E-state index is 0.742. The Balaban J connectivity index is 2.45. The van der Waals surface area contributed by atoms with Crippen LogP contribution in [0.5, 0.6) is 0 Å². The van der Waals surface area contributed by atoms with Gasteiger partial charge in [0, 0.05) is 0 Å². The van der Waals surface area contributed by atoms with Crippen molar-refractivity contribution in [3.05, 3.63) is 41.1 Å². The number of para-hydroxylation sites is 1. The summed E-state index contributed by atoms with van der Waals surface area (Å²) >= 11 is 3.23. The van der Waals surface area contributed by atoms with Crippen LogP contribution in [0.25, 0.3) is 5.69 Å². The van der Waals surface area contributed by atoms with Crippen molar-refractivity contribution in [1.82, 2.24) is 15.0 Å². The number of aromatic nitrogens is 3. The highest BCUT2D eigenvalue weighted by atomic mass is 79.9. The highest BCUT2D eigenvalue weighted by Crippen LogP contribution is 2.08. The maximum absolute atomic E-state index is 3.91. The Morgan fingerprint density at radius 1 is 1.17 bits per heavy atom. The fourth-order valence-electron chi connectivity index (χ4n) is 0.950. The van der Waals surface area contributed by atoms with Crippen molar-refractivity contribution in [2.24, 2.45) is 0 Å². The van der Waals surface area contributed by atoms with E-state index in [-0.39, 0.29) is 0 Å². The molecule has 0 bridgehead atoms. The second-order valence-corrected chi connectivity index (χ2v) is 3.13. The lowest BCUT2D eigenvalue weighted by Gasteiger charge is -1.96. The van der Waals surface area contributed by atoms with E-state index in [1.165, 1.54) is 0 Å². The van der Waals surface area contributed by atoms with Gasteiger partial charge in [0.05, 0.1) is 11.9 Å². The summed E-state index contributed by atoms with van der Waals surface area (Å²) in [6, 6.07) is 9.84. The molecular weight excluding hydrogens is 218 g/mol. The van der Waals surface area contributed by atoms with Crippen LogP contribution in [-0.2, 0) is 0 Å². The molecular formula is C8H6BrN3. The lowest BCUT2D eigenvalue weighted by atomic mass is 10.3. The van der Waals surface area contributed by atoms with Gasteiger partial charge in [-0.15, -0.1) is 5.10 Å². The summed E-state index contributed by atoms with van der Waals surface area (Å²) in [5, 5.41) is 7.73. The first-order chi connectivity index (χ1) is 5.86. The van der Waals surface area contributed by atoms with E-state index >= 15 is 0 Å². The minimum Gasteiger partial charge on any atom is -0.220 e. The van der Waals surface area contributed by atoms with Crippen LogP contribution >= 0.6 is 15.9 Å². The zero-order valence-corrected chi connectivity index (χ0v) is 7.77. The molecule has 0 saturated heterocycles. The number of nitrogens with zero attached hydrogens (tertiary/aromatic N) is 3. The van der Waals surface area contributed by atoms with Crippen LogP contribution in [0, 0.1) is 0 Å². The van der Waals surface area contributed by atoms with Gasteiger partial charge in [-0.25, -0.2) is 4.68 Å². The molecule has 0 unspecified atom stereocenters. The smallest absolute Gasteiger partial charge is 0.148 e. The summed E-state index contributed by atoms with van der Waals surface area (Å²) in [4.78, 5) is 0. The molecule has 0 amide bonds. The molecule has 60 valence electrons. The number of benzene rings is 1. The van der Waals surface area contributed by atoms with E-state index in [0.29, 0.717) is 0 Å². The zero-order valence-electron chi connectivity index (χ0n) is 6.18. The quantitative estimate of drug-likeness (QED) is 0.741. The maximum Gasteiger partial charge on any atom is 0.148 e. The van der Waals surface area contributed by atoms with Gasteiger partial charge in [0.25, 0.3) is 0 Å². The van der Waals surface area contributed by atoms with Gasteiger partial charge in [-0.1, -0.05) is 23.4 Å². The Hall–Kier alpha value is -1.16. The predicted molar refractivity (Wildman–Crippen MR) is 49.1 cm³/mol. The minimum absolute atomic E-state index is 0.742. The molecule has 0 fully saturated rings. The Bertz CT molecular complexity index is 369. The monoisotopic (exact) mass is 223 g/mol. The summed E-state index contributed by atoms with van der Waals surface area (Å²) < 4.78 is 2.45. The van der Waals surface area contributed by atoms with Crippen LogP contribution in [-0.4, -0.2) is 15.0 Å². The average molecular weight is 224 g/mol. The summed E-state index contributed by atoms with van der Waals surface area (Å²) in [5.41, 5.74) is 1.01. The Labute approximate surface area is 78.2 Å². The van der Waals surface area contributed by atoms with Gasteiger partial charge in [-0.2, -0.15) is 0 Å². The standard InChI is InChI=1S/C8H6BrN3/c9-8-6-12(11-10-8)7-4-2-1-3-5-7/h1-6H. The third-order valence-corrected chi connectivity index (χ3v) is 1.85. The molecule has 12 heavy (non-hydrogen) atoms. The molecule has 0 aliphatic carbocycles. The van der Waals surface area contributed by atoms with E-state index in [2.05, 4.69) is 26.2 Å². The second-order valence-electron chi connectivity index (χ2n) is 2.32. The molecule has 0 aliphatic rings. The Morgan fingerprint density at radius 3 is 2.50 bits per heavy atom. The topological polar surface area (TPSA) is 30.7 Å². The van der Waals surface area contributed by atoms with Crippen LogP contribution in [0.3, 0.4) is 0 Å². The highest BCUT2D eigenvalue weighted by molar-refractivity contribution is 9.10. The summed E-state index contributed by atoms with van der Waals surface area (Å²) in [6.45, 7) is 0. The first-order valence-corrected chi connectivity index (χ1v) is 4.29. The first-order valence-electron chi connectivity index (χ1n) is 3.49. The van der Waals surface area contributed by atoms with E-state index in [9.17, 15) is 0 Å². The lowest BCUT2D eigenvalue weighted by Crippen LogP contribution is -1.93. The molecule has 2 rings (SSSR count). The van der Waals surface area contributed by atoms with Gasteiger partial charge < -0.3 is 0 Å². The van der Waals surface area contributed by atoms with Crippen molar-refractivity contribution < 1.29 is 0 Å². The Kier molecular flexibility index (Phi) is 1.91. The molecule has 2 aromatic rings. The Morgan fingerprint density at radius 2 is 1.92 bits per heavy atom. The van der Waals surface area contributed by atoms with Gasteiger partial charge in [0.2, 0.25) is 0 Å². The molecule has 0 radical (unpaired) electrons. The lowest BCUT2D eigenvalue weighted by molar-refractivity contribution is 0.802. The first kappa shape index (κ1) is 7.49. The highest BCUT2D eigenvalue weighted by Gasteiger charge is 1.97. The van der Waals surface area contributed by atoms with Crippen LogP contribution in [0.2, 0.25) is 0 Å².